The highest BCUT2D eigenvalue weighted by Crippen LogP contribution is 2.21. The van der Waals surface area contributed by atoms with E-state index in [0.717, 1.165) is 4.47 Å². The minimum absolute atomic E-state index is 0.0345. The van der Waals surface area contributed by atoms with Gasteiger partial charge < -0.3 is 10.2 Å². The molecule has 1 aromatic rings. The Hall–Kier alpha value is -0.940. The molecular weight excluding hydrogens is 311 g/mol. The van der Waals surface area contributed by atoms with Crippen LogP contribution in [0.5, 0.6) is 0 Å². The first kappa shape index (κ1) is 16.1. The van der Waals surface area contributed by atoms with Crippen LogP contribution in [-0.2, 0) is 4.79 Å². The molecule has 0 spiro atoms. The fourth-order valence-corrected chi connectivity index (χ4v) is 2.26. The molecule has 1 rings (SSSR count). The van der Waals surface area contributed by atoms with Crippen LogP contribution in [0, 0.1) is 5.82 Å². The van der Waals surface area contributed by atoms with Crippen molar-refractivity contribution in [3.63, 3.8) is 0 Å². The molecule has 1 amide bonds. The number of nitrogens with one attached hydrogen (secondary N) is 1. The number of amides is 1. The maximum absolute atomic E-state index is 13.7. The summed E-state index contributed by atoms with van der Waals surface area (Å²) in [5.41, 5.74) is 0.557. The van der Waals surface area contributed by atoms with Gasteiger partial charge >= 0.3 is 0 Å². The van der Waals surface area contributed by atoms with E-state index in [0.29, 0.717) is 18.7 Å². The third kappa shape index (κ3) is 4.58. The standard InChI is InChI=1S/C14H20BrFN2O/c1-4-18(5-2)14(19)9-17-10(3)12-8-11(15)6-7-13(12)16/h6-8,10,17H,4-5,9H2,1-3H3. The van der Waals surface area contributed by atoms with E-state index >= 15 is 0 Å². The van der Waals surface area contributed by atoms with Gasteiger partial charge in [0.1, 0.15) is 5.82 Å². The highest BCUT2D eigenvalue weighted by atomic mass is 79.9. The monoisotopic (exact) mass is 330 g/mol. The topological polar surface area (TPSA) is 32.3 Å². The van der Waals surface area contributed by atoms with E-state index < -0.39 is 0 Å². The molecule has 5 heteroatoms. The van der Waals surface area contributed by atoms with Crippen molar-refractivity contribution in [3.05, 3.63) is 34.1 Å². The van der Waals surface area contributed by atoms with Crippen LogP contribution in [0.2, 0.25) is 0 Å². The summed E-state index contributed by atoms with van der Waals surface area (Å²) >= 11 is 3.32. The number of likely N-dealkylation sites (N-methyl/N-ethyl adjacent to an activating group) is 1. The molecule has 0 radical (unpaired) electrons. The average molecular weight is 331 g/mol. The van der Waals surface area contributed by atoms with E-state index in [9.17, 15) is 9.18 Å². The first-order chi connectivity index (χ1) is 8.99. The molecule has 3 nitrogen and oxygen atoms in total. The summed E-state index contributed by atoms with van der Waals surface area (Å²) in [6, 6.07) is 4.60. The van der Waals surface area contributed by atoms with Crippen molar-refractivity contribution in [2.75, 3.05) is 19.6 Å². The van der Waals surface area contributed by atoms with Crippen molar-refractivity contribution < 1.29 is 9.18 Å². The van der Waals surface area contributed by atoms with Crippen LogP contribution in [0.4, 0.5) is 4.39 Å². The minimum Gasteiger partial charge on any atom is -0.342 e. The molecule has 1 atom stereocenters. The van der Waals surface area contributed by atoms with Gasteiger partial charge in [-0.15, -0.1) is 0 Å². The van der Waals surface area contributed by atoms with E-state index in [1.165, 1.54) is 6.07 Å². The zero-order valence-corrected chi connectivity index (χ0v) is 13.1. The number of carbonyl (C=O) groups is 1. The molecule has 0 heterocycles. The molecule has 1 aromatic carbocycles. The molecule has 0 aromatic heterocycles. The molecule has 0 saturated carbocycles. The number of hydrogen-bond acceptors (Lipinski definition) is 2. The van der Waals surface area contributed by atoms with Gasteiger partial charge in [-0.1, -0.05) is 15.9 Å². The van der Waals surface area contributed by atoms with Gasteiger partial charge in [0.25, 0.3) is 0 Å². The van der Waals surface area contributed by atoms with Crippen molar-refractivity contribution in [1.29, 1.82) is 0 Å². The Morgan fingerprint density at radius 3 is 2.63 bits per heavy atom. The molecule has 0 fully saturated rings. The second kappa shape index (κ2) is 7.60. The fraction of sp³-hybridized carbons (Fsp3) is 0.500. The smallest absolute Gasteiger partial charge is 0.236 e. The quantitative estimate of drug-likeness (QED) is 0.869. The summed E-state index contributed by atoms with van der Waals surface area (Å²) in [6.07, 6.45) is 0. The molecule has 0 saturated heterocycles. The third-order valence-corrected chi connectivity index (χ3v) is 3.59. The van der Waals surface area contributed by atoms with Gasteiger partial charge in [-0.25, -0.2) is 4.39 Å². The number of halogens is 2. The number of carbonyl (C=O) groups excluding carboxylic acids is 1. The number of nitrogens with zero attached hydrogens (tertiary/aromatic N) is 1. The predicted molar refractivity (Wildman–Crippen MR) is 78.4 cm³/mol. The Morgan fingerprint density at radius 2 is 2.05 bits per heavy atom. The van der Waals surface area contributed by atoms with Crippen LogP contribution in [-0.4, -0.2) is 30.4 Å². The van der Waals surface area contributed by atoms with E-state index in [1.54, 1.807) is 17.0 Å². The number of hydrogen-bond donors (Lipinski definition) is 1. The second-order valence-corrected chi connectivity index (χ2v) is 5.25. The lowest BCUT2D eigenvalue weighted by Crippen LogP contribution is -2.38. The lowest BCUT2D eigenvalue weighted by atomic mass is 10.1. The maximum atomic E-state index is 13.7. The SMILES string of the molecule is CCN(CC)C(=O)CNC(C)c1cc(Br)ccc1F. The summed E-state index contributed by atoms with van der Waals surface area (Å²) < 4.78 is 14.5. The highest BCUT2D eigenvalue weighted by Gasteiger charge is 2.14. The molecular formula is C14H20BrFN2O. The lowest BCUT2D eigenvalue weighted by Gasteiger charge is -2.21. The zero-order valence-electron chi connectivity index (χ0n) is 11.5. The van der Waals surface area contributed by atoms with Gasteiger partial charge in [-0.2, -0.15) is 0 Å². The van der Waals surface area contributed by atoms with Crippen molar-refractivity contribution in [2.45, 2.75) is 26.8 Å². The first-order valence-corrected chi connectivity index (χ1v) is 7.25. The first-order valence-electron chi connectivity index (χ1n) is 6.45. The molecule has 0 aliphatic carbocycles. The van der Waals surface area contributed by atoms with Crippen molar-refractivity contribution in [2.24, 2.45) is 0 Å². The van der Waals surface area contributed by atoms with E-state index in [2.05, 4.69) is 21.2 Å². The van der Waals surface area contributed by atoms with E-state index in [-0.39, 0.29) is 24.3 Å². The Bertz CT molecular complexity index is 435. The van der Waals surface area contributed by atoms with Gasteiger partial charge in [0, 0.05) is 29.2 Å². The van der Waals surface area contributed by atoms with Crippen LogP contribution in [0.25, 0.3) is 0 Å². The molecule has 19 heavy (non-hydrogen) atoms. The van der Waals surface area contributed by atoms with E-state index in [1.807, 2.05) is 20.8 Å². The maximum Gasteiger partial charge on any atom is 0.236 e. The van der Waals surface area contributed by atoms with Crippen LogP contribution in [0.15, 0.2) is 22.7 Å². The Kier molecular flexibility index (Phi) is 6.45. The molecule has 0 aliphatic rings. The lowest BCUT2D eigenvalue weighted by molar-refractivity contribution is -0.129. The molecule has 0 bridgehead atoms. The van der Waals surface area contributed by atoms with Crippen LogP contribution in [0.1, 0.15) is 32.4 Å². The van der Waals surface area contributed by atoms with Gasteiger partial charge in [0.05, 0.1) is 6.54 Å². The van der Waals surface area contributed by atoms with Gasteiger partial charge in [-0.05, 0) is 39.0 Å². The Labute approximate surface area is 122 Å². The molecule has 106 valence electrons. The van der Waals surface area contributed by atoms with Crippen LogP contribution in [0.3, 0.4) is 0 Å². The van der Waals surface area contributed by atoms with Gasteiger partial charge in [0.15, 0.2) is 0 Å². The van der Waals surface area contributed by atoms with E-state index in [4.69, 9.17) is 0 Å². The van der Waals surface area contributed by atoms with Crippen molar-refractivity contribution in [1.82, 2.24) is 10.2 Å². The van der Waals surface area contributed by atoms with Gasteiger partial charge in [-0.3, -0.25) is 4.79 Å². The zero-order chi connectivity index (χ0) is 14.4. The highest BCUT2D eigenvalue weighted by molar-refractivity contribution is 9.10. The summed E-state index contributed by atoms with van der Waals surface area (Å²) in [4.78, 5) is 13.6. The van der Waals surface area contributed by atoms with Crippen LogP contribution >= 0.6 is 15.9 Å². The van der Waals surface area contributed by atoms with Crippen molar-refractivity contribution in [3.8, 4) is 0 Å². The molecule has 0 aliphatic heterocycles. The predicted octanol–water partition coefficient (Wildman–Crippen LogP) is 3.11. The summed E-state index contributed by atoms with van der Waals surface area (Å²) in [5.74, 6) is -0.231. The molecule has 1 unspecified atom stereocenters. The third-order valence-electron chi connectivity index (χ3n) is 3.10. The van der Waals surface area contributed by atoms with Crippen LogP contribution < -0.4 is 5.32 Å². The fourth-order valence-electron chi connectivity index (χ4n) is 1.88. The number of benzene rings is 1. The van der Waals surface area contributed by atoms with Gasteiger partial charge in [0.2, 0.25) is 5.91 Å². The minimum atomic E-state index is -0.265. The summed E-state index contributed by atoms with van der Waals surface area (Å²) in [7, 11) is 0. The summed E-state index contributed by atoms with van der Waals surface area (Å²) in [6.45, 7) is 7.33. The van der Waals surface area contributed by atoms with Crippen molar-refractivity contribution >= 4 is 21.8 Å². The largest absolute Gasteiger partial charge is 0.342 e. The summed E-state index contributed by atoms with van der Waals surface area (Å²) in [5, 5.41) is 3.06. The Morgan fingerprint density at radius 1 is 1.42 bits per heavy atom. The average Bonchev–Trinajstić information content (AvgIpc) is 2.40. The normalized spacial score (nSPS) is 12.3. The second-order valence-electron chi connectivity index (χ2n) is 4.33. The Balaban J connectivity index is 2.62. The molecule has 1 N–H and O–H groups in total. The number of rotatable bonds is 6.